The Balaban J connectivity index is 1.64. The van der Waals surface area contributed by atoms with Gasteiger partial charge in [0, 0.05) is 16.3 Å². The number of ether oxygens (including phenoxy) is 1. The second-order valence-corrected chi connectivity index (χ2v) is 11.5. The van der Waals surface area contributed by atoms with Crippen LogP contribution >= 0.6 is 11.6 Å². The smallest absolute Gasteiger partial charge is 0.327 e. The molecule has 0 fully saturated rings. The lowest BCUT2D eigenvalue weighted by Crippen LogP contribution is -2.48. The second kappa shape index (κ2) is 12.2. The first-order chi connectivity index (χ1) is 19.1. The van der Waals surface area contributed by atoms with Gasteiger partial charge in [0.2, 0.25) is 0 Å². The van der Waals surface area contributed by atoms with Crippen LogP contribution in [0.1, 0.15) is 24.2 Å². The standard InChI is InChI=1S/C30H27ClN2O6S/c1-20(2)28(30(35)36)33(24-12-7-10-22(31)18-24)40(37,38)27-16-8-11-23(19-27)32-29(34)21-9-6-15-26(17-21)39-25-13-4-3-5-14-25/h3-20,28H,1-2H3,(H,32,34)(H,35,36). The number of amides is 1. The molecule has 2 N–H and O–H groups in total. The molecule has 0 saturated carbocycles. The Kier molecular flexibility index (Phi) is 8.77. The van der Waals surface area contributed by atoms with Gasteiger partial charge in [-0.05, 0) is 72.6 Å². The molecule has 4 aromatic rings. The SMILES string of the molecule is CC(C)C(C(=O)O)N(c1cccc(Cl)c1)S(=O)(=O)c1cccc(NC(=O)c2cccc(Oc3ccccc3)c2)c1. The van der Waals surface area contributed by atoms with Crippen LogP contribution in [0.5, 0.6) is 11.5 Å². The van der Waals surface area contributed by atoms with Gasteiger partial charge in [0.05, 0.1) is 10.6 Å². The molecule has 4 rings (SSSR count). The summed E-state index contributed by atoms with van der Waals surface area (Å²) < 4.78 is 34.5. The maximum absolute atomic E-state index is 13.9. The first-order valence-corrected chi connectivity index (χ1v) is 14.2. The number of hydrogen-bond acceptors (Lipinski definition) is 5. The predicted molar refractivity (Wildman–Crippen MR) is 155 cm³/mol. The van der Waals surface area contributed by atoms with Crippen LogP contribution in [0.3, 0.4) is 0 Å². The Bertz CT molecular complexity index is 1630. The van der Waals surface area contributed by atoms with E-state index in [9.17, 15) is 23.1 Å². The van der Waals surface area contributed by atoms with Crippen molar-refractivity contribution in [1.29, 1.82) is 0 Å². The molecule has 1 amide bonds. The lowest BCUT2D eigenvalue weighted by atomic mass is 10.0. The van der Waals surface area contributed by atoms with Crippen LogP contribution in [0.2, 0.25) is 5.02 Å². The van der Waals surface area contributed by atoms with E-state index >= 15 is 0 Å². The minimum Gasteiger partial charge on any atom is -0.480 e. The maximum atomic E-state index is 13.9. The molecule has 4 aromatic carbocycles. The number of carboxylic acid groups (broad SMARTS) is 1. The molecule has 1 unspecified atom stereocenters. The van der Waals surface area contributed by atoms with E-state index < -0.39 is 33.9 Å². The van der Waals surface area contributed by atoms with Gasteiger partial charge in [-0.1, -0.05) is 61.8 Å². The Hall–Kier alpha value is -4.34. The van der Waals surface area contributed by atoms with Crippen molar-refractivity contribution in [2.45, 2.75) is 24.8 Å². The van der Waals surface area contributed by atoms with Crippen LogP contribution in [0, 0.1) is 5.92 Å². The molecule has 1 atom stereocenters. The number of aliphatic carboxylic acids is 1. The van der Waals surface area contributed by atoms with Gasteiger partial charge in [-0.2, -0.15) is 0 Å². The Morgan fingerprint density at radius 2 is 1.52 bits per heavy atom. The van der Waals surface area contributed by atoms with E-state index in [2.05, 4.69) is 5.32 Å². The van der Waals surface area contributed by atoms with Crippen molar-refractivity contribution in [3.05, 3.63) is 114 Å². The molecule has 40 heavy (non-hydrogen) atoms. The van der Waals surface area contributed by atoms with Crippen molar-refractivity contribution in [2.75, 3.05) is 9.62 Å². The zero-order valence-electron chi connectivity index (χ0n) is 21.7. The van der Waals surface area contributed by atoms with Crippen molar-refractivity contribution >= 4 is 44.9 Å². The Morgan fingerprint density at radius 3 is 2.20 bits per heavy atom. The monoisotopic (exact) mass is 578 g/mol. The third-order valence-electron chi connectivity index (χ3n) is 5.92. The molecule has 0 bridgehead atoms. The maximum Gasteiger partial charge on any atom is 0.327 e. The van der Waals surface area contributed by atoms with Gasteiger partial charge in [0.15, 0.2) is 0 Å². The molecular weight excluding hydrogens is 552 g/mol. The van der Waals surface area contributed by atoms with E-state index in [0.717, 1.165) is 4.31 Å². The molecule has 0 heterocycles. The normalized spacial score (nSPS) is 12.0. The molecule has 0 aromatic heterocycles. The number of sulfonamides is 1. The highest BCUT2D eigenvalue weighted by Crippen LogP contribution is 2.32. The zero-order valence-corrected chi connectivity index (χ0v) is 23.3. The van der Waals surface area contributed by atoms with E-state index in [1.807, 2.05) is 18.2 Å². The molecule has 10 heteroatoms. The van der Waals surface area contributed by atoms with Crippen molar-refractivity contribution in [1.82, 2.24) is 0 Å². The van der Waals surface area contributed by atoms with Gasteiger partial charge in [-0.25, -0.2) is 13.2 Å². The fourth-order valence-corrected chi connectivity index (χ4v) is 6.06. The summed E-state index contributed by atoms with van der Waals surface area (Å²) in [6.07, 6.45) is 0. The highest BCUT2D eigenvalue weighted by molar-refractivity contribution is 7.93. The van der Waals surface area contributed by atoms with Crippen LogP contribution < -0.4 is 14.4 Å². The molecule has 0 spiro atoms. The van der Waals surface area contributed by atoms with Crippen molar-refractivity contribution in [3.63, 3.8) is 0 Å². The van der Waals surface area contributed by atoms with Gasteiger partial charge < -0.3 is 15.2 Å². The molecule has 0 radical (unpaired) electrons. The average molecular weight is 579 g/mol. The highest BCUT2D eigenvalue weighted by atomic mass is 35.5. The number of carbonyl (C=O) groups excluding carboxylic acids is 1. The summed E-state index contributed by atoms with van der Waals surface area (Å²) in [6.45, 7) is 3.25. The van der Waals surface area contributed by atoms with Crippen LogP contribution in [0.15, 0.2) is 108 Å². The minimum absolute atomic E-state index is 0.110. The molecule has 0 saturated heterocycles. The van der Waals surface area contributed by atoms with Crippen LogP contribution in [-0.2, 0) is 14.8 Å². The van der Waals surface area contributed by atoms with Crippen LogP contribution in [0.4, 0.5) is 11.4 Å². The van der Waals surface area contributed by atoms with E-state index in [0.29, 0.717) is 17.1 Å². The summed E-state index contributed by atoms with van der Waals surface area (Å²) in [4.78, 5) is 25.1. The number of nitrogens with zero attached hydrogens (tertiary/aromatic N) is 1. The van der Waals surface area contributed by atoms with E-state index in [1.54, 1.807) is 68.4 Å². The number of hydrogen-bond donors (Lipinski definition) is 2. The minimum atomic E-state index is -4.40. The number of carbonyl (C=O) groups is 2. The third-order valence-corrected chi connectivity index (χ3v) is 7.96. The average Bonchev–Trinajstić information content (AvgIpc) is 2.92. The van der Waals surface area contributed by atoms with Gasteiger partial charge >= 0.3 is 5.97 Å². The quantitative estimate of drug-likeness (QED) is 0.217. The van der Waals surface area contributed by atoms with Crippen molar-refractivity contribution in [3.8, 4) is 11.5 Å². The number of anilines is 2. The van der Waals surface area contributed by atoms with Gasteiger partial charge in [0.25, 0.3) is 15.9 Å². The molecular formula is C30H27ClN2O6S. The largest absolute Gasteiger partial charge is 0.480 e. The number of halogens is 1. The summed E-state index contributed by atoms with van der Waals surface area (Å²) in [7, 11) is -4.40. The summed E-state index contributed by atoms with van der Waals surface area (Å²) in [5, 5.41) is 12.9. The molecule has 0 aliphatic heterocycles. The number of rotatable bonds is 10. The first-order valence-electron chi connectivity index (χ1n) is 12.3. The zero-order chi connectivity index (χ0) is 28.9. The fraction of sp³-hybridized carbons (Fsp3) is 0.133. The fourth-order valence-electron chi connectivity index (χ4n) is 4.09. The Morgan fingerprint density at radius 1 is 0.850 bits per heavy atom. The second-order valence-electron chi connectivity index (χ2n) is 9.23. The van der Waals surface area contributed by atoms with Gasteiger partial charge in [-0.3, -0.25) is 9.10 Å². The molecule has 206 valence electrons. The lowest BCUT2D eigenvalue weighted by molar-refractivity contribution is -0.139. The third kappa shape index (κ3) is 6.62. The Labute approximate surface area is 237 Å². The van der Waals surface area contributed by atoms with Gasteiger partial charge in [-0.15, -0.1) is 0 Å². The number of benzene rings is 4. The topological polar surface area (TPSA) is 113 Å². The molecule has 0 aliphatic carbocycles. The lowest BCUT2D eigenvalue weighted by Gasteiger charge is -2.32. The van der Waals surface area contributed by atoms with Crippen LogP contribution in [0.25, 0.3) is 0 Å². The summed E-state index contributed by atoms with van der Waals surface area (Å²) >= 11 is 6.12. The summed E-state index contributed by atoms with van der Waals surface area (Å²) in [5.41, 5.74) is 0.620. The van der Waals surface area contributed by atoms with E-state index in [4.69, 9.17) is 16.3 Å². The molecule has 8 nitrogen and oxygen atoms in total. The number of para-hydroxylation sites is 1. The molecule has 0 aliphatic rings. The van der Waals surface area contributed by atoms with E-state index in [-0.39, 0.29) is 21.3 Å². The predicted octanol–water partition coefficient (Wildman–Crippen LogP) is 6.69. The number of nitrogens with one attached hydrogen (secondary N) is 1. The first kappa shape index (κ1) is 28.7. The summed E-state index contributed by atoms with van der Waals surface area (Å²) in [6, 6.07) is 25.9. The number of carboxylic acids is 1. The van der Waals surface area contributed by atoms with E-state index in [1.165, 1.54) is 30.3 Å². The van der Waals surface area contributed by atoms with Crippen molar-refractivity contribution in [2.24, 2.45) is 5.92 Å². The van der Waals surface area contributed by atoms with Crippen LogP contribution in [-0.4, -0.2) is 31.4 Å². The highest BCUT2D eigenvalue weighted by Gasteiger charge is 2.38. The van der Waals surface area contributed by atoms with Crippen molar-refractivity contribution < 1.29 is 27.9 Å². The summed E-state index contributed by atoms with van der Waals surface area (Å²) in [5.74, 6) is -1.28. The van der Waals surface area contributed by atoms with Gasteiger partial charge in [0.1, 0.15) is 17.5 Å².